The van der Waals surface area contributed by atoms with Crippen LogP contribution in [0, 0.1) is 6.92 Å². The van der Waals surface area contributed by atoms with E-state index in [2.05, 4.69) is 4.99 Å². The maximum Gasteiger partial charge on any atom is 0.159 e. The summed E-state index contributed by atoms with van der Waals surface area (Å²) >= 11 is 0. The molecule has 2 heteroatoms. The van der Waals surface area contributed by atoms with Gasteiger partial charge >= 0.3 is 0 Å². The molecule has 0 atom stereocenters. The minimum Gasteiger partial charge on any atom is -0.295 e. The van der Waals surface area contributed by atoms with Gasteiger partial charge in [0.25, 0.3) is 0 Å². The first-order chi connectivity index (χ1) is 8.50. The van der Waals surface area contributed by atoms with Crippen molar-refractivity contribution >= 4 is 17.2 Å². The molecule has 0 spiro atoms. The van der Waals surface area contributed by atoms with Crippen molar-refractivity contribution in [1.29, 1.82) is 0 Å². The van der Waals surface area contributed by atoms with Crippen molar-refractivity contribution in [2.75, 3.05) is 0 Å². The van der Waals surface area contributed by atoms with Gasteiger partial charge < -0.3 is 0 Å². The van der Waals surface area contributed by atoms with Gasteiger partial charge in [-0.2, -0.15) is 0 Å². The van der Waals surface area contributed by atoms with Crippen molar-refractivity contribution in [2.24, 2.45) is 4.99 Å². The fourth-order valence-electron chi connectivity index (χ4n) is 1.24. The Morgan fingerprint density at radius 3 is 1.83 bits per heavy atom. The molecule has 0 saturated heterocycles. The fourth-order valence-corrected chi connectivity index (χ4v) is 1.24. The summed E-state index contributed by atoms with van der Waals surface area (Å²) < 4.78 is 0. The zero-order valence-corrected chi connectivity index (χ0v) is 13.1. The Bertz CT molecular complexity index is 388. The lowest BCUT2D eigenvalue weighted by molar-refractivity contribution is 0.101. The molecular formula is C16H27NO. The molecule has 0 aliphatic heterocycles. The average Bonchev–Trinajstić information content (AvgIpc) is 2.36. The maximum atomic E-state index is 11.1. The molecule has 1 rings (SSSR count). The zero-order chi connectivity index (χ0) is 14.7. The van der Waals surface area contributed by atoms with Gasteiger partial charge in [-0.1, -0.05) is 27.7 Å². The molecule has 0 aliphatic rings. The standard InChI is InChI=1S/C12H15NO.2C2H6/c1-8(2)13-12-6-5-11(10(4)14)7-9(12)3;2*1-2/h5-7H,1-4H3;2*1-2H3. The van der Waals surface area contributed by atoms with Crippen molar-refractivity contribution in [3.05, 3.63) is 29.3 Å². The Morgan fingerprint density at radius 1 is 1.00 bits per heavy atom. The van der Waals surface area contributed by atoms with E-state index in [1.165, 1.54) is 0 Å². The first-order valence-electron chi connectivity index (χ1n) is 6.64. The van der Waals surface area contributed by atoms with E-state index in [4.69, 9.17) is 0 Å². The molecule has 18 heavy (non-hydrogen) atoms. The van der Waals surface area contributed by atoms with Gasteiger partial charge in [0.05, 0.1) is 5.69 Å². The lowest BCUT2D eigenvalue weighted by Gasteiger charge is -2.02. The van der Waals surface area contributed by atoms with Gasteiger partial charge in [0.1, 0.15) is 0 Å². The molecule has 1 aromatic carbocycles. The smallest absolute Gasteiger partial charge is 0.159 e. The van der Waals surface area contributed by atoms with Crippen molar-refractivity contribution in [2.45, 2.75) is 55.4 Å². The van der Waals surface area contributed by atoms with Crippen LogP contribution in [0.25, 0.3) is 0 Å². The van der Waals surface area contributed by atoms with E-state index in [1.807, 2.05) is 66.7 Å². The second kappa shape index (κ2) is 10.7. The van der Waals surface area contributed by atoms with Crippen molar-refractivity contribution in [3.8, 4) is 0 Å². The number of benzene rings is 1. The van der Waals surface area contributed by atoms with Crippen LogP contribution >= 0.6 is 0 Å². The summed E-state index contributed by atoms with van der Waals surface area (Å²) in [4.78, 5) is 15.5. The minimum absolute atomic E-state index is 0.0943. The van der Waals surface area contributed by atoms with Gasteiger partial charge in [-0.25, -0.2) is 0 Å². The number of aryl methyl sites for hydroxylation is 1. The van der Waals surface area contributed by atoms with Gasteiger partial charge in [-0.05, 0) is 51.5 Å². The van der Waals surface area contributed by atoms with Crippen LogP contribution < -0.4 is 0 Å². The molecular weight excluding hydrogens is 222 g/mol. The number of Topliss-reactive ketones (excluding diaryl/α,β-unsaturated/α-hetero) is 1. The fraction of sp³-hybridized carbons (Fsp3) is 0.500. The van der Waals surface area contributed by atoms with Crippen molar-refractivity contribution in [3.63, 3.8) is 0 Å². The molecule has 2 nitrogen and oxygen atoms in total. The number of rotatable bonds is 2. The summed E-state index contributed by atoms with van der Waals surface area (Å²) in [5, 5.41) is 0. The summed E-state index contributed by atoms with van der Waals surface area (Å²) in [5.74, 6) is 0.0943. The largest absolute Gasteiger partial charge is 0.295 e. The molecule has 0 bridgehead atoms. The predicted molar refractivity (Wildman–Crippen MR) is 82.3 cm³/mol. The number of hydrogen-bond acceptors (Lipinski definition) is 2. The van der Waals surface area contributed by atoms with E-state index < -0.39 is 0 Å². The third kappa shape index (κ3) is 7.00. The minimum atomic E-state index is 0.0943. The van der Waals surface area contributed by atoms with Gasteiger partial charge in [-0.15, -0.1) is 0 Å². The Hall–Kier alpha value is -1.44. The maximum absolute atomic E-state index is 11.1. The summed E-state index contributed by atoms with van der Waals surface area (Å²) in [7, 11) is 0. The number of hydrogen-bond donors (Lipinski definition) is 0. The number of aliphatic imine (C=N–C) groups is 1. The van der Waals surface area contributed by atoms with Crippen LogP contribution in [-0.4, -0.2) is 11.5 Å². The van der Waals surface area contributed by atoms with E-state index in [1.54, 1.807) is 6.92 Å². The highest BCUT2D eigenvalue weighted by molar-refractivity contribution is 5.94. The van der Waals surface area contributed by atoms with Gasteiger partial charge in [0.2, 0.25) is 0 Å². The van der Waals surface area contributed by atoms with Gasteiger partial charge in [0, 0.05) is 11.3 Å². The molecule has 102 valence electrons. The zero-order valence-electron chi connectivity index (χ0n) is 13.1. The highest BCUT2D eigenvalue weighted by Crippen LogP contribution is 2.20. The van der Waals surface area contributed by atoms with E-state index in [9.17, 15) is 4.79 Å². The molecule has 0 fully saturated rings. The second-order valence-electron chi connectivity index (χ2n) is 3.62. The molecule has 0 aromatic heterocycles. The summed E-state index contributed by atoms with van der Waals surface area (Å²) in [6.07, 6.45) is 0. The molecule has 0 aliphatic carbocycles. The third-order valence-corrected chi connectivity index (χ3v) is 1.95. The van der Waals surface area contributed by atoms with Crippen molar-refractivity contribution in [1.82, 2.24) is 0 Å². The van der Waals surface area contributed by atoms with E-state index >= 15 is 0 Å². The second-order valence-corrected chi connectivity index (χ2v) is 3.62. The first kappa shape index (κ1) is 18.9. The molecule has 0 N–H and O–H groups in total. The van der Waals surface area contributed by atoms with E-state index in [0.717, 1.165) is 22.5 Å². The number of ketones is 1. The van der Waals surface area contributed by atoms with Crippen LogP contribution in [0.3, 0.4) is 0 Å². The number of carbonyl (C=O) groups is 1. The number of nitrogens with zero attached hydrogens (tertiary/aromatic N) is 1. The molecule has 0 radical (unpaired) electrons. The lowest BCUT2D eigenvalue weighted by Crippen LogP contribution is -1.92. The predicted octanol–water partition coefficient (Wildman–Crippen LogP) is 5.36. The summed E-state index contributed by atoms with van der Waals surface area (Å²) in [6.45, 7) is 15.5. The molecule has 1 aromatic rings. The Kier molecular flexibility index (Phi) is 11.2. The van der Waals surface area contributed by atoms with Crippen LogP contribution in [-0.2, 0) is 0 Å². The lowest BCUT2D eigenvalue weighted by atomic mass is 10.1. The highest BCUT2D eigenvalue weighted by atomic mass is 16.1. The van der Waals surface area contributed by atoms with Crippen LogP contribution in [0.4, 0.5) is 5.69 Å². The summed E-state index contributed by atoms with van der Waals surface area (Å²) in [5.41, 5.74) is 3.74. The van der Waals surface area contributed by atoms with Crippen LogP contribution in [0.2, 0.25) is 0 Å². The topological polar surface area (TPSA) is 29.4 Å². The monoisotopic (exact) mass is 249 g/mol. The van der Waals surface area contributed by atoms with E-state index in [0.29, 0.717) is 0 Å². The third-order valence-electron chi connectivity index (χ3n) is 1.95. The molecule has 0 unspecified atom stereocenters. The van der Waals surface area contributed by atoms with Gasteiger partial charge in [0.15, 0.2) is 5.78 Å². The molecule has 0 heterocycles. The van der Waals surface area contributed by atoms with E-state index in [-0.39, 0.29) is 5.78 Å². The van der Waals surface area contributed by atoms with Crippen molar-refractivity contribution < 1.29 is 4.79 Å². The first-order valence-corrected chi connectivity index (χ1v) is 6.64. The SMILES string of the molecule is CC.CC.CC(=O)c1ccc(N=C(C)C)c(C)c1. The Labute approximate surface area is 112 Å². The quantitative estimate of drug-likeness (QED) is 0.512. The van der Waals surface area contributed by atoms with Gasteiger partial charge in [-0.3, -0.25) is 9.79 Å². The van der Waals surface area contributed by atoms with Crippen LogP contribution in [0.5, 0.6) is 0 Å². The molecule has 0 amide bonds. The summed E-state index contributed by atoms with van der Waals surface area (Å²) in [6, 6.07) is 5.58. The van der Waals surface area contributed by atoms with Crippen LogP contribution in [0.1, 0.15) is 64.4 Å². The highest BCUT2D eigenvalue weighted by Gasteiger charge is 2.02. The molecule has 0 saturated carbocycles. The average molecular weight is 249 g/mol. The number of carbonyl (C=O) groups excluding carboxylic acids is 1. The Balaban J connectivity index is 0. The normalized spacial score (nSPS) is 8.22. The van der Waals surface area contributed by atoms with Crippen LogP contribution in [0.15, 0.2) is 23.2 Å². The Morgan fingerprint density at radius 2 is 1.50 bits per heavy atom.